The first-order valence-electron chi connectivity index (χ1n) is 9.37. The summed E-state index contributed by atoms with van der Waals surface area (Å²) < 4.78 is 9.80. The smallest absolute Gasteiger partial charge is 0.411 e. The summed E-state index contributed by atoms with van der Waals surface area (Å²) in [4.78, 5) is 36.0. The van der Waals surface area contributed by atoms with E-state index in [2.05, 4.69) is 28.5 Å². The lowest BCUT2D eigenvalue weighted by Crippen LogP contribution is -2.19. The normalized spacial score (nSPS) is 12.2. The fourth-order valence-electron chi connectivity index (χ4n) is 2.68. The highest BCUT2D eigenvalue weighted by Crippen LogP contribution is 2.37. The van der Waals surface area contributed by atoms with Crippen LogP contribution in [0.25, 0.3) is 11.1 Å². The van der Waals surface area contributed by atoms with E-state index >= 15 is 0 Å². The molecule has 0 aliphatic rings. The minimum absolute atomic E-state index is 0.247. The highest BCUT2D eigenvalue weighted by atomic mass is 32.1. The summed E-state index contributed by atoms with van der Waals surface area (Å²) in [5.41, 5.74) is 7.64. The molecule has 164 valence electrons. The van der Waals surface area contributed by atoms with Gasteiger partial charge in [0.15, 0.2) is 0 Å². The van der Waals surface area contributed by atoms with Crippen molar-refractivity contribution in [2.24, 2.45) is 11.7 Å². The molecule has 0 radical (unpaired) electrons. The second-order valence-corrected chi connectivity index (χ2v) is 7.52. The van der Waals surface area contributed by atoms with Crippen LogP contribution in [-0.4, -0.2) is 25.2 Å². The van der Waals surface area contributed by atoms with Gasteiger partial charge in [-0.1, -0.05) is 25.1 Å². The number of amides is 3. The van der Waals surface area contributed by atoms with E-state index in [0.717, 1.165) is 16.0 Å². The summed E-state index contributed by atoms with van der Waals surface area (Å²) in [5.74, 6) is -0.660. The number of rotatable bonds is 9. The number of benzene rings is 1. The molecule has 4 N–H and O–H groups in total. The molecular weight excluding hydrogens is 418 g/mol. The number of nitrogens with one attached hydrogen (secondary N) is 2. The highest BCUT2D eigenvalue weighted by molar-refractivity contribution is 7.10. The third-order valence-corrected chi connectivity index (χ3v) is 5.39. The Morgan fingerprint density at radius 3 is 2.58 bits per heavy atom. The van der Waals surface area contributed by atoms with Crippen LogP contribution in [0.2, 0.25) is 0 Å². The summed E-state index contributed by atoms with van der Waals surface area (Å²) in [7, 11) is 1.26. The molecule has 0 unspecified atom stereocenters. The van der Waals surface area contributed by atoms with Gasteiger partial charge < -0.3 is 20.5 Å². The largest absolute Gasteiger partial charge is 0.453 e. The van der Waals surface area contributed by atoms with E-state index in [9.17, 15) is 14.4 Å². The molecule has 8 nitrogen and oxygen atoms in total. The standard InChI is InChI=1S/C22H25N3O5S/c1-5-7-18(30-21(23)27)19-10-14(12-31-19)16-9-8-15(24-22(28)29-4)11-17(16)25-20(26)13(3)6-2/h5-6,8-13,18H,1-2,7H2,3-4H3,(H2,23,27)(H,24,28)(H,25,26)/t13-,18+/m1/s1. The van der Waals surface area contributed by atoms with E-state index in [-0.39, 0.29) is 5.91 Å². The maximum atomic E-state index is 12.5. The molecule has 2 aromatic rings. The molecule has 2 atom stereocenters. The molecule has 31 heavy (non-hydrogen) atoms. The number of nitrogens with two attached hydrogens (primary N) is 1. The number of hydrogen-bond donors (Lipinski definition) is 3. The first kappa shape index (κ1) is 23.7. The van der Waals surface area contributed by atoms with E-state index in [4.69, 9.17) is 10.5 Å². The van der Waals surface area contributed by atoms with Gasteiger partial charge >= 0.3 is 12.2 Å². The van der Waals surface area contributed by atoms with Crippen molar-refractivity contribution in [3.05, 3.63) is 59.8 Å². The quantitative estimate of drug-likeness (QED) is 0.468. The first-order chi connectivity index (χ1) is 14.8. The Bertz CT molecular complexity index is 985. The van der Waals surface area contributed by atoms with Crippen LogP contribution in [0.15, 0.2) is 55.0 Å². The van der Waals surface area contributed by atoms with E-state index in [1.54, 1.807) is 31.2 Å². The number of carbonyl (C=O) groups is 3. The van der Waals surface area contributed by atoms with Crippen LogP contribution >= 0.6 is 11.3 Å². The molecule has 0 aliphatic heterocycles. The minimum Gasteiger partial charge on any atom is -0.453 e. The summed E-state index contributed by atoms with van der Waals surface area (Å²) in [5, 5.41) is 7.32. The van der Waals surface area contributed by atoms with Crippen molar-refractivity contribution in [1.82, 2.24) is 0 Å². The van der Waals surface area contributed by atoms with Crippen molar-refractivity contribution in [2.75, 3.05) is 17.7 Å². The van der Waals surface area contributed by atoms with Gasteiger partial charge in [0.1, 0.15) is 6.10 Å². The van der Waals surface area contributed by atoms with Crippen molar-refractivity contribution >= 4 is 40.8 Å². The van der Waals surface area contributed by atoms with E-state index in [0.29, 0.717) is 17.8 Å². The molecule has 1 heterocycles. The number of thiophene rings is 1. The molecule has 0 aliphatic carbocycles. The SMILES string of the molecule is C=CC[C@H](OC(N)=O)c1cc(-c2ccc(NC(=O)OC)cc2NC(=O)[C@H](C)C=C)cs1. The summed E-state index contributed by atoms with van der Waals surface area (Å²) in [6.45, 7) is 9.05. The Morgan fingerprint density at radius 2 is 1.97 bits per heavy atom. The predicted molar refractivity (Wildman–Crippen MR) is 122 cm³/mol. The third-order valence-electron chi connectivity index (χ3n) is 4.36. The lowest BCUT2D eigenvalue weighted by molar-refractivity contribution is -0.118. The Kier molecular flexibility index (Phi) is 8.39. The maximum absolute atomic E-state index is 12.5. The molecule has 1 aromatic carbocycles. The molecule has 1 aromatic heterocycles. The van der Waals surface area contributed by atoms with Crippen LogP contribution in [0.4, 0.5) is 21.0 Å². The second-order valence-electron chi connectivity index (χ2n) is 6.58. The number of anilines is 2. The van der Waals surface area contributed by atoms with E-state index < -0.39 is 24.2 Å². The zero-order chi connectivity index (χ0) is 23.0. The average Bonchev–Trinajstić information content (AvgIpc) is 3.22. The number of hydrogen-bond acceptors (Lipinski definition) is 6. The van der Waals surface area contributed by atoms with Crippen molar-refractivity contribution in [2.45, 2.75) is 19.4 Å². The van der Waals surface area contributed by atoms with Crippen LogP contribution in [0, 0.1) is 5.92 Å². The molecule has 0 bridgehead atoms. The van der Waals surface area contributed by atoms with Crippen molar-refractivity contribution in [3.8, 4) is 11.1 Å². The van der Waals surface area contributed by atoms with Crippen molar-refractivity contribution in [3.63, 3.8) is 0 Å². The summed E-state index contributed by atoms with van der Waals surface area (Å²) >= 11 is 1.39. The summed E-state index contributed by atoms with van der Waals surface area (Å²) in [6, 6.07) is 6.95. The highest BCUT2D eigenvalue weighted by Gasteiger charge is 2.19. The van der Waals surface area contributed by atoms with Gasteiger partial charge in [0, 0.05) is 22.5 Å². The van der Waals surface area contributed by atoms with Gasteiger partial charge in [-0.2, -0.15) is 0 Å². The van der Waals surface area contributed by atoms with Gasteiger partial charge in [-0.05, 0) is 29.1 Å². The monoisotopic (exact) mass is 443 g/mol. The number of carbonyl (C=O) groups excluding carboxylic acids is 3. The van der Waals surface area contributed by atoms with Gasteiger partial charge in [-0.25, -0.2) is 9.59 Å². The Hall–Kier alpha value is -3.59. The third kappa shape index (κ3) is 6.45. The van der Waals surface area contributed by atoms with Gasteiger partial charge in [-0.15, -0.1) is 24.5 Å². The predicted octanol–water partition coefficient (Wildman–Crippen LogP) is 5.07. The fraction of sp³-hybridized carbons (Fsp3) is 0.227. The number of methoxy groups -OCH3 is 1. The first-order valence-corrected chi connectivity index (χ1v) is 10.2. The molecular formula is C22H25N3O5S. The van der Waals surface area contributed by atoms with Gasteiger partial charge in [0.2, 0.25) is 5.91 Å². The van der Waals surface area contributed by atoms with Gasteiger partial charge in [0.05, 0.1) is 18.7 Å². The van der Waals surface area contributed by atoms with Crippen LogP contribution in [0.3, 0.4) is 0 Å². The Morgan fingerprint density at radius 1 is 1.23 bits per heavy atom. The fourth-order valence-corrected chi connectivity index (χ4v) is 3.63. The molecule has 0 saturated carbocycles. The maximum Gasteiger partial charge on any atom is 0.411 e. The zero-order valence-electron chi connectivity index (χ0n) is 17.3. The summed E-state index contributed by atoms with van der Waals surface area (Å²) in [6.07, 6.45) is 1.54. The Labute approximate surface area is 184 Å². The van der Waals surface area contributed by atoms with Crippen LogP contribution in [0.5, 0.6) is 0 Å². The van der Waals surface area contributed by atoms with Crippen LogP contribution in [-0.2, 0) is 14.3 Å². The molecule has 0 fully saturated rings. The lowest BCUT2D eigenvalue weighted by atomic mass is 10.0. The minimum atomic E-state index is -0.869. The number of ether oxygens (including phenoxy) is 2. The molecule has 0 spiro atoms. The molecule has 3 amide bonds. The average molecular weight is 444 g/mol. The van der Waals surface area contributed by atoms with Crippen molar-refractivity contribution in [1.29, 1.82) is 0 Å². The molecule has 0 saturated heterocycles. The van der Waals surface area contributed by atoms with E-state index in [1.807, 2.05) is 11.4 Å². The van der Waals surface area contributed by atoms with Gasteiger partial charge in [0.25, 0.3) is 0 Å². The molecule has 9 heteroatoms. The van der Waals surface area contributed by atoms with Gasteiger partial charge in [-0.3, -0.25) is 10.1 Å². The van der Waals surface area contributed by atoms with Crippen LogP contribution < -0.4 is 16.4 Å². The van der Waals surface area contributed by atoms with Crippen molar-refractivity contribution < 1.29 is 23.9 Å². The molecule has 2 rings (SSSR count). The lowest BCUT2D eigenvalue weighted by Gasteiger charge is -2.15. The van der Waals surface area contributed by atoms with E-state index in [1.165, 1.54) is 24.5 Å². The second kappa shape index (κ2) is 11.0. The number of primary amides is 1. The topological polar surface area (TPSA) is 120 Å². The zero-order valence-corrected chi connectivity index (χ0v) is 18.2. The van der Waals surface area contributed by atoms with Crippen LogP contribution in [0.1, 0.15) is 24.3 Å². The Balaban J connectivity index is 2.44.